The Labute approximate surface area is 130 Å². The van der Waals surface area contributed by atoms with E-state index >= 15 is 0 Å². The van der Waals surface area contributed by atoms with Crippen LogP contribution in [0, 0.1) is 5.92 Å². The minimum absolute atomic E-state index is 0.279. The molecular formula is C14H16BrN3O3. The molecule has 1 saturated heterocycles. The predicted octanol–water partition coefficient (Wildman–Crippen LogP) is 2.36. The second-order valence-corrected chi connectivity index (χ2v) is 6.24. The molecule has 0 atom stereocenters. The van der Waals surface area contributed by atoms with Crippen molar-refractivity contribution in [2.75, 3.05) is 19.8 Å². The summed E-state index contributed by atoms with van der Waals surface area (Å²) in [6.07, 6.45) is 2.31. The number of benzene rings is 1. The number of rotatable bonds is 5. The maximum Gasteiger partial charge on any atom is 0.191 e. The summed E-state index contributed by atoms with van der Waals surface area (Å²) in [5, 5.41) is 8.51. The number of halogens is 1. The smallest absolute Gasteiger partial charge is 0.191 e. The number of hydrogen-bond donors (Lipinski definition) is 0. The third-order valence-electron chi connectivity index (χ3n) is 3.78. The van der Waals surface area contributed by atoms with E-state index in [0.717, 1.165) is 33.7 Å². The third kappa shape index (κ3) is 2.77. The first-order valence-corrected chi connectivity index (χ1v) is 7.98. The van der Waals surface area contributed by atoms with E-state index in [1.807, 2.05) is 16.8 Å². The Balaban J connectivity index is 1.54. The number of nitrogens with zero attached hydrogens (tertiary/aromatic N) is 3. The quantitative estimate of drug-likeness (QED) is 0.825. The molecule has 1 aromatic carbocycles. The van der Waals surface area contributed by atoms with Gasteiger partial charge in [0, 0.05) is 6.54 Å². The molecule has 2 fully saturated rings. The van der Waals surface area contributed by atoms with Crippen molar-refractivity contribution < 1.29 is 14.2 Å². The van der Waals surface area contributed by atoms with E-state index in [-0.39, 0.29) is 6.29 Å². The van der Waals surface area contributed by atoms with E-state index in [0.29, 0.717) is 19.8 Å². The van der Waals surface area contributed by atoms with E-state index in [4.69, 9.17) is 14.2 Å². The Morgan fingerprint density at radius 2 is 2.10 bits per heavy atom. The molecule has 2 heterocycles. The maximum atomic E-state index is 5.76. The van der Waals surface area contributed by atoms with Crippen LogP contribution in [-0.4, -0.2) is 41.1 Å². The van der Waals surface area contributed by atoms with E-state index in [1.54, 1.807) is 0 Å². The third-order valence-corrected chi connectivity index (χ3v) is 4.55. The summed E-state index contributed by atoms with van der Waals surface area (Å²) >= 11 is 3.56. The molecule has 2 aliphatic rings. The van der Waals surface area contributed by atoms with Crippen LogP contribution in [0.1, 0.15) is 12.8 Å². The Hall–Kier alpha value is -1.18. The molecule has 1 aromatic heterocycles. The Kier molecular flexibility index (Phi) is 3.56. The van der Waals surface area contributed by atoms with Crippen molar-refractivity contribution in [1.29, 1.82) is 0 Å². The molecule has 7 heteroatoms. The van der Waals surface area contributed by atoms with Crippen LogP contribution in [0.25, 0.3) is 11.0 Å². The number of aromatic nitrogens is 3. The summed E-state index contributed by atoms with van der Waals surface area (Å²) in [5.74, 6) is 1.50. The monoisotopic (exact) mass is 353 g/mol. The average Bonchev–Trinajstić information content (AvgIpc) is 2.99. The highest BCUT2D eigenvalue weighted by atomic mass is 79.9. The van der Waals surface area contributed by atoms with E-state index in [9.17, 15) is 0 Å². The summed E-state index contributed by atoms with van der Waals surface area (Å²) in [6, 6.07) is 3.95. The average molecular weight is 354 g/mol. The lowest BCUT2D eigenvalue weighted by Crippen LogP contribution is -2.18. The molecule has 0 bridgehead atoms. The Morgan fingerprint density at radius 3 is 2.86 bits per heavy atom. The second-order valence-electron chi connectivity index (χ2n) is 5.44. The number of hydrogen-bond acceptors (Lipinski definition) is 5. The van der Waals surface area contributed by atoms with Crippen molar-refractivity contribution in [2.45, 2.75) is 25.7 Å². The van der Waals surface area contributed by atoms with Crippen LogP contribution in [0.5, 0.6) is 5.75 Å². The fourth-order valence-corrected chi connectivity index (χ4v) is 2.97. The molecule has 21 heavy (non-hydrogen) atoms. The van der Waals surface area contributed by atoms with Crippen LogP contribution in [0.4, 0.5) is 0 Å². The zero-order valence-corrected chi connectivity index (χ0v) is 13.1. The van der Waals surface area contributed by atoms with Gasteiger partial charge in [-0.1, -0.05) is 5.21 Å². The fraction of sp³-hybridized carbons (Fsp3) is 0.571. The molecule has 4 rings (SSSR count). The van der Waals surface area contributed by atoms with Crippen LogP contribution in [0.2, 0.25) is 0 Å². The normalized spacial score (nSPS) is 19.5. The van der Waals surface area contributed by atoms with E-state index in [2.05, 4.69) is 26.2 Å². The van der Waals surface area contributed by atoms with Gasteiger partial charge in [-0.3, -0.25) is 0 Å². The van der Waals surface area contributed by atoms with Gasteiger partial charge in [-0.05, 0) is 46.8 Å². The minimum Gasteiger partial charge on any atom is -0.487 e. The predicted molar refractivity (Wildman–Crippen MR) is 79.1 cm³/mol. The summed E-state index contributed by atoms with van der Waals surface area (Å²) in [4.78, 5) is 0. The van der Waals surface area contributed by atoms with Crippen LogP contribution < -0.4 is 4.74 Å². The highest BCUT2D eigenvalue weighted by molar-refractivity contribution is 9.10. The van der Waals surface area contributed by atoms with Gasteiger partial charge in [0.05, 0.1) is 23.2 Å². The van der Waals surface area contributed by atoms with Crippen LogP contribution >= 0.6 is 15.9 Å². The lowest BCUT2D eigenvalue weighted by molar-refractivity contribution is -0.0685. The molecule has 0 amide bonds. The molecule has 0 N–H and O–H groups in total. The zero-order valence-electron chi connectivity index (χ0n) is 11.5. The standard InChI is InChI=1S/C14H16BrN3O3/c15-13-11(21-8-12-19-5-6-20-12)4-3-10-14(13)16-17-18(10)7-9-1-2-9/h3-4,9,12H,1-2,5-8H2. The van der Waals surface area contributed by atoms with E-state index in [1.165, 1.54) is 12.8 Å². The zero-order chi connectivity index (χ0) is 14.2. The molecule has 1 aliphatic heterocycles. The highest BCUT2D eigenvalue weighted by Gasteiger charge is 2.24. The first kappa shape index (κ1) is 13.5. The fourth-order valence-electron chi connectivity index (χ4n) is 2.44. The highest BCUT2D eigenvalue weighted by Crippen LogP contribution is 2.34. The first-order chi connectivity index (χ1) is 10.3. The molecule has 0 unspecified atom stereocenters. The summed E-state index contributed by atoms with van der Waals surface area (Å²) < 4.78 is 19.3. The minimum atomic E-state index is -0.279. The molecule has 1 aliphatic carbocycles. The summed E-state index contributed by atoms with van der Waals surface area (Å²) in [6.45, 7) is 2.58. The Morgan fingerprint density at radius 1 is 1.29 bits per heavy atom. The molecular weight excluding hydrogens is 338 g/mol. The van der Waals surface area contributed by atoms with Crippen molar-refractivity contribution in [2.24, 2.45) is 5.92 Å². The maximum absolute atomic E-state index is 5.76. The van der Waals surface area contributed by atoms with Crippen LogP contribution in [-0.2, 0) is 16.0 Å². The molecule has 2 aromatic rings. The van der Waals surface area contributed by atoms with Crippen molar-refractivity contribution in [1.82, 2.24) is 15.0 Å². The second kappa shape index (κ2) is 5.55. The van der Waals surface area contributed by atoms with Gasteiger partial charge >= 0.3 is 0 Å². The molecule has 6 nitrogen and oxygen atoms in total. The van der Waals surface area contributed by atoms with Crippen molar-refractivity contribution in [3.8, 4) is 5.75 Å². The molecule has 0 radical (unpaired) electrons. The lowest BCUT2D eigenvalue weighted by atomic mass is 10.3. The van der Waals surface area contributed by atoms with Gasteiger partial charge in [-0.15, -0.1) is 5.10 Å². The van der Waals surface area contributed by atoms with Gasteiger partial charge < -0.3 is 14.2 Å². The number of fused-ring (bicyclic) bond motifs is 1. The van der Waals surface area contributed by atoms with Crippen molar-refractivity contribution >= 4 is 27.0 Å². The summed E-state index contributed by atoms with van der Waals surface area (Å²) in [7, 11) is 0. The molecule has 112 valence electrons. The number of ether oxygens (including phenoxy) is 3. The van der Waals surface area contributed by atoms with Gasteiger partial charge in [0.2, 0.25) is 0 Å². The van der Waals surface area contributed by atoms with Crippen molar-refractivity contribution in [3.05, 3.63) is 16.6 Å². The van der Waals surface area contributed by atoms with Crippen LogP contribution in [0.15, 0.2) is 16.6 Å². The van der Waals surface area contributed by atoms with Crippen molar-refractivity contribution in [3.63, 3.8) is 0 Å². The van der Waals surface area contributed by atoms with Gasteiger partial charge in [0.15, 0.2) is 6.29 Å². The first-order valence-electron chi connectivity index (χ1n) is 7.19. The topological polar surface area (TPSA) is 58.4 Å². The van der Waals surface area contributed by atoms with Gasteiger partial charge in [0.1, 0.15) is 17.9 Å². The SMILES string of the molecule is Brc1c(OCC2OCCO2)ccc2c1nnn2CC1CC1. The van der Waals surface area contributed by atoms with E-state index < -0.39 is 0 Å². The van der Waals surface area contributed by atoms with Gasteiger partial charge in [-0.25, -0.2) is 4.68 Å². The molecule has 1 saturated carbocycles. The lowest BCUT2D eigenvalue weighted by Gasteiger charge is -2.12. The molecule has 0 spiro atoms. The van der Waals surface area contributed by atoms with Gasteiger partial charge in [0.25, 0.3) is 0 Å². The van der Waals surface area contributed by atoms with Gasteiger partial charge in [-0.2, -0.15) is 0 Å². The van der Waals surface area contributed by atoms with Crippen LogP contribution in [0.3, 0.4) is 0 Å². The largest absolute Gasteiger partial charge is 0.487 e. The summed E-state index contributed by atoms with van der Waals surface area (Å²) in [5.41, 5.74) is 1.87. The Bertz CT molecular complexity index is 650.